The highest BCUT2D eigenvalue weighted by molar-refractivity contribution is 7.99. The number of hydrogen-bond acceptors (Lipinski definition) is 3. The molecule has 25 heavy (non-hydrogen) atoms. The summed E-state index contributed by atoms with van der Waals surface area (Å²) in [5.74, 6) is 0. The number of rotatable bonds is 4. The predicted molar refractivity (Wildman–Crippen MR) is 110 cm³/mol. The van der Waals surface area contributed by atoms with E-state index in [1.807, 2.05) is 24.3 Å². The number of nitrogens with zero attached hydrogens (tertiary/aromatic N) is 2. The Balaban J connectivity index is 1.85. The Morgan fingerprint density at radius 2 is 1.64 bits per heavy atom. The van der Waals surface area contributed by atoms with Crippen molar-refractivity contribution < 1.29 is 0 Å². The van der Waals surface area contributed by atoms with Crippen molar-refractivity contribution in [3.8, 4) is 0 Å². The van der Waals surface area contributed by atoms with E-state index >= 15 is 0 Å². The van der Waals surface area contributed by atoms with Gasteiger partial charge in [0, 0.05) is 47.0 Å². The highest BCUT2D eigenvalue weighted by Gasteiger charge is 2.22. The lowest BCUT2D eigenvalue weighted by Crippen LogP contribution is -2.45. The van der Waals surface area contributed by atoms with Crippen LogP contribution < -0.4 is 0 Å². The minimum atomic E-state index is 0.317. The van der Waals surface area contributed by atoms with Crippen molar-refractivity contribution in [3.63, 3.8) is 0 Å². The Kier molecular flexibility index (Phi) is 6.59. The maximum Gasteiger partial charge on any atom is 0.0603 e. The normalized spacial score (nSPS) is 17.6. The molecule has 1 aliphatic rings. The van der Waals surface area contributed by atoms with E-state index in [0.717, 1.165) is 36.1 Å². The van der Waals surface area contributed by atoms with Gasteiger partial charge in [-0.05, 0) is 55.9 Å². The van der Waals surface area contributed by atoms with Gasteiger partial charge in [-0.2, -0.15) is 0 Å². The van der Waals surface area contributed by atoms with Crippen LogP contribution in [0.2, 0.25) is 15.1 Å². The van der Waals surface area contributed by atoms with E-state index in [9.17, 15) is 0 Å². The molecule has 0 saturated carbocycles. The Morgan fingerprint density at radius 3 is 2.32 bits per heavy atom. The van der Waals surface area contributed by atoms with Gasteiger partial charge in [-0.25, -0.2) is 0 Å². The number of benzene rings is 2. The molecule has 2 aromatic rings. The maximum atomic E-state index is 6.30. The van der Waals surface area contributed by atoms with Gasteiger partial charge in [0.2, 0.25) is 0 Å². The van der Waals surface area contributed by atoms with Gasteiger partial charge in [-0.1, -0.05) is 46.6 Å². The first-order valence-corrected chi connectivity index (χ1v) is 10.2. The molecule has 2 aromatic carbocycles. The molecule has 1 atom stereocenters. The molecular formula is C19H21Cl3N2S. The number of halogens is 3. The topological polar surface area (TPSA) is 6.48 Å². The lowest BCUT2D eigenvalue weighted by atomic mass is 10.1. The molecule has 0 aliphatic carbocycles. The second-order valence-electron chi connectivity index (χ2n) is 6.38. The summed E-state index contributed by atoms with van der Waals surface area (Å²) in [6, 6.07) is 12.2. The number of likely N-dealkylation sites (N-methyl/N-ethyl adjacent to an activating group) is 1. The van der Waals surface area contributed by atoms with Gasteiger partial charge in [-0.3, -0.25) is 4.90 Å². The van der Waals surface area contributed by atoms with Crippen molar-refractivity contribution in [1.29, 1.82) is 0 Å². The molecule has 0 N–H and O–H groups in total. The fourth-order valence-electron chi connectivity index (χ4n) is 3.01. The summed E-state index contributed by atoms with van der Waals surface area (Å²) in [5, 5.41) is 1.93. The van der Waals surface area contributed by atoms with E-state index in [1.165, 1.54) is 10.5 Å². The second kappa shape index (κ2) is 8.51. The molecule has 0 spiro atoms. The predicted octanol–water partition coefficient (Wildman–Crippen LogP) is 6.11. The molecule has 1 saturated heterocycles. The first kappa shape index (κ1) is 19.3. The summed E-state index contributed by atoms with van der Waals surface area (Å²) in [6.45, 7) is 6.60. The molecule has 134 valence electrons. The van der Waals surface area contributed by atoms with E-state index in [4.69, 9.17) is 34.8 Å². The minimum absolute atomic E-state index is 0.317. The van der Waals surface area contributed by atoms with Crippen molar-refractivity contribution in [2.45, 2.75) is 22.8 Å². The summed E-state index contributed by atoms with van der Waals surface area (Å²) in [7, 11) is 2.17. The molecule has 1 fully saturated rings. The van der Waals surface area contributed by atoms with E-state index < -0.39 is 0 Å². The van der Waals surface area contributed by atoms with Gasteiger partial charge < -0.3 is 4.90 Å². The maximum absolute atomic E-state index is 6.30. The van der Waals surface area contributed by atoms with E-state index in [2.05, 4.69) is 35.9 Å². The Labute approximate surface area is 169 Å². The monoisotopic (exact) mass is 414 g/mol. The zero-order valence-corrected chi connectivity index (χ0v) is 17.4. The number of piperazine rings is 1. The van der Waals surface area contributed by atoms with Gasteiger partial charge in [0.1, 0.15) is 0 Å². The molecule has 1 unspecified atom stereocenters. The van der Waals surface area contributed by atoms with Crippen molar-refractivity contribution in [2.24, 2.45) is 0 Å². The molecule has 1 aliphatic heterocycles. The van der Waals surface area contributed by atoms with Gasteiger partial charge >= 0.3 is 0 Å². The van der Waals surface area contributed by atoms with Crippen molar-refractivity contribution in [2.75, 3.05) is 33.2 Å². The van der Waals surface area contributed by atoms with Crippen LogP contribution in [0.25, 0.3) is 0 Å². The Hall–Kier alpha value is -0.420. The Bertz CT molecular complexity index is 745. The van der Waals surface area contributed by atoms with Crippen molar-refractivity contribution >= 4 is 46.6 Å². The van der Waals surface area contributed by atoms with Gasteiger partial charge in [-0.15, -0.1) is 0 Å². The quantitative estimate of drug-likeness (QED) is 0.595. The van der Waals surface area contributed by atoms with Crippen LogP contribution in [-0.4, -0.2) is 43.0 Å². The van der Waals surface area contributed by atoms with Crippen LogP contribution in [0.4, 0.5) is 0 Å². The average Bonchev–Trinajstić information content (AvgIpc) is 2.60. The first-order chi connectivity index (χ1) is 11.9. The number of hydrogen-bond donors (Lipinski definition) is 0. The fraction of sp³-hybridized carbons (Fsp3) is 0.368. The Morgan fingerprint density at radius 1 is 0.920 bits per heavy atom. The molecule has 2 nitrogen and oxygen atoms in total. The minimum Gasteiger partial charge on any atom is -0.304 e. The highest BCUT2D eigenvalue weighted by Crippen LogP contribution is 2.38. The largest absolute Gasteiger partial charge is 0.304 e. The summed E-state index contributed by atoms with van der Waals surface area (Å²) >= 11 is 20.2. The standard InChI is InChI=1S/C19H21Cl3N2S/c1-13(24-9-7-23(2)8-10-24)16-11-14(20)3-6-19(16)25-15-4-5-17(21)18(22)12-15/h3-6,11-13H,7-10H2,1-2H3. The van der Waals surface area contributed by atoms with Gasteiger partial charge in [0.05, 0.1) is 10.0 Å². The fourth-order valence-corrected chi connectivity index (χ4v) is 4.61. The summed E-state index contributed by atoms with van der Waals surface area (Å²) in [6.07, 6.45) is 0. The van der Waals surface area contributed by atoms with Crippen LogP contribution >= 0.6 is 46.6 Å². The average molecular weight is 416 g/mol. The third kappa shape index (κ3) is 4.85. The van der Waals surface area contributed by atoms with E-state index in [0.29, 0.717) is 16.1 Å². The van der Waals surface area contributed by atoms with Crippen LogP contribution in [0.15, 0.2) is 46.2 Å². The molecule has 6 heteroatoms. The van der Waals surface area contributed by atoms with Crippen molar-refractivity contribution in [1.82, 2.24) is 9.80 Å². The van der Waals surface area contributed by atoms with E-state index in [-0.39, 0.29) is 0 Å². The van der Waals surface area contributed by atoms with Crippen LogP contribution in [0, 0.1) is 0 Å². The van der Waals surface area contributed by atoms with E-state index in [1.54, 1.807) is 11.8 Å². The molecule has 0 radical (unpaired) electrons. The smallest absolute Gasteiger partial charge is 0.0603 e. The zero-order valence-electron chi connectivity index (χ0n) is 14.3. The van der Waals surface area contributed by atoms with Crippen LogP contribution in [-0.2, 0) is 0 Å². The highest BCUT2D eigenvalue weighted by atomic mass is 35.5. The third-order valence-electron chi connectivity index (χ3n) is 4.63. The molecule has 3 rings (SSSR count). The van der Waals surface area contributed by atoms with Crippen molar-refractivity contribution in [3.05, 3.63) is 57.0 Å². The molecule has 1 heterocycles. The molecular weight excluding hydrogens is 395 g/mol. The first-order valence-electron chi connectivity index (χ1n) is 8.29. The lowest BCUT2D eigenvalue weighted by molar-refractivity contribution is 0.118. The summed E-state index contributed by atoms with van der Waals surface area (Å²) < 4.78 is 0. The third-order valence-corrected chi connectivity index (χ3v) is 6.68. The zero-order chi connectivity index (χ0) is 18.0. The SMILES string of the molecule is CC(c1cc(Cl)ccc1Sc1ccc(Cl)c(Cl)c1)N1CCN(C)CC1. The summed E-state index contributed by atoms with van der Waals surface area (Å²) in [4.78, 5) is 7.16. The molecule has 0 bridgehead atoms. The molecule has 0 aromatic heterocycles. The van der Waals surface area contributed by atoms with Gasteiger partial charge in [0.15, 0.2) is 0 Å². The van der Waals surface area contributed by atoms with Crippen LogP contribution in [0.5, 0.6) is 0 Å². The second-order valence-corrected chi connectivity index (χ2v) is 8.74. The summed E-state index contributed by atoms with van der Waals surface area (Å²) in [5.41, 5.74) is 1.26. The van der Waals surface area contributed by atoms with Crippen LogP contribution in [0.1, 0.15) is 18.5 Å². The van der Waals surface area contributed by atoms with Gasteiger partial charge in [0.25, 0.3) is 0 Å². The van der Waals surface area contributed by atoms with Crippen LogP contribution in [0.3, 0.4) is 0 Å². The lowest BCUT2D eigenvalue weighted by Gasteiger charge is -2.37. The molecule has 0 amide bonds.